The molecule has 1 aromatic rings. The molecule has 0 aromatic heterocycles. The van der Waals surface area contributed by atoms with Crippen molar-refractivity contribution in [3.05, 3.63) is 34.9 Å². The van der Waals surface area contributed by atoms with Gasteiger partial charge in [0, 0.05) is 25.2 Å². The van der Waals surface area contributed by atoms with Gasteiger partial charge in [0.15, 0.2) is 0 Å². The summed E-state index contributed by atoms with van der Waals surface area (Å²) in [5.41, 5.74) is 0.190. The minimum Gasteiger partial charge on any atom is -0.379 e. The zero-order chi connectivity index (χ0) is 20.6. The van der Waals surface area contributed by atoms with Crippen LogP contribution in [0.25, 0.3) is 0 Å². The molecule has 1 atom stereocenters. The van der Waals surface area contributed by atoms with Crippen molar-refractivity contribution in [1.82, 2.24) is 15.5 Å². The average Bonchev–Trinajstić information content (AvgIpc) is 2.70. The standard InChI is InChI=1S/C20H30ClN3O3S/c1-20(2,24-9-11-27-12-10-24)14-22-19(26)17(8-13-28-3)23-18(25)15-6-4-5-7-16(15)21/h4-7,17H,8-14H2,1-3H3,(H,22,26)(H,23,25)/t17-/m1/s1. The number of hydrogen-bond donors (Lipinski definition) is 2. The van der Waals surface area contributed by atoms with Crippen molar-refractivity contribution in [2.24, 2.45) is 0 Å². The molecule has 0 bridgehead atoms. The number of benzene rings is 1. The van der Waals surface area contributed by atoms with E-state index in [1.165, 1.54) is 0 Å². The van der Waals surface area contributed by atoms with Crippen LogP contribution in [0.2, 0.25) is 5.02 Å². The molecular weight excluding hydrogens is 398 g/mol. The van der Waals surface area contributed by atoms with E-state index in [2.05, 4.69) is 29.4 Å². The summed E-state index contributed by atoms with van der Waals surface area (Å²) in [5.74, 6) is 0.267. The van der Waals surface area contributed by atoms with Crippen LogP contribution in [0.4, 0.5) is 0 Å². The Kier molecular flexibility index (Phi) is 9.08. The second-order valence-corrected chi connectivity index (χ2v) is 8.81. The summed E-state index contributed by atoms with van der Waals surface area (Å²) >= 11 is 7.75. The second kappa shape index (κ2) is 11.0. The van der Waals surface area contributed by atoms with Gasteiger partial charge in [-0.05, 0) is 44.4 Å². The first kappa shape index (κ1) is 23.0. The Morgan fingerprint density at radius 1 is 1.29 bits per heavy atom. The molecule has 0 spiro atoms. The molecule has 2 amide bonds. The lowest BCUT2D eigenvalue weighted by Gasteiger charge is -2.41. The molecule has 0 unspecified atom stereocenters. The van der Waals surface area contributed by atoms with Crippen molar-refractivity contribution in [2.45, 2.75) is 31.8 Å². The number of nitrogens with one attached hydrogen (secondary N) is 2. The van der Waals surface area contributed by atoms with E-state index in [1.807, 2.05) is 6.26 Å². The summed E-state index contributed by atoms with van der Waals surface area (Å²) in [5, 5.41) is 6.24. The fourth-order valence-corrected chi connectivity index (χ4v) is 3.79. The van der Waals surface area contributed by atoms with Gasteiger partial charge in [-0.3, -0.25) is 14.5 Å². The molecule has 1 aliphatic rings. The van der Waals surface area contributed by atoms with Crippen molar-refractivity contribution in [1.29, 1.82) is 0 Å². The van der Waals surface area contributed by atoms with E-state index in [-0.39, 0.29) is 17.4 Å². The van der Waals surface area contributed by atoms with Crippen LogP contribution >= 0.6 is 23.4 Å². The SMILES string of the molecule is CSCC[C@@H](NC(=O)c1ccccc1Cl)C(=O)NCC(C)(C)N1CCOCC1. The van der Waals surface area contributed by atoms with Gasteiger partial charge in [-0.2, -0.15) is 11.8 Å². The highest BCUT2D eigenvalue weighted by molar-refractivity contribution is 7.98. The number of carbonyl (C=O) groups excluding carboxylic acids is 2. The molecule has 2 rings (SSSR count). The van der Waals surface area contributed by atoms with Crippen molar-refractivity contribution >= 4 is 35.2 Å². The van der Waals surface area contributed by atoms with E-state index in [1.54, 1.807) is 36.0 Å². The molecular formula is C20H30ClN3O3S. The Labute approximate surface area is 176 Å². The molecule has 1 aliphatic heterocycles. The summed E-state index contributed by atoms with van der Waals surface area (Å²) < 4.78 is 5.41. The Morgan fingerprint density at radius 3 is 2.61 bits per heavy atom. The summed E-state index contributed by atoms with van der Waals surface area (Å²) in [4.78, 5) is 27.7. The lowest BCUT2D eigenvalue weighted by atomic mass is 10.0. The number of thioether (sulfide) groups is 1. The number of morpholine rings is 1. The molecule has 8 heteroatoms. The Balaban J connectivity index is 1.98. The van der Waals surface area contributed by atoms with E-state index in [0.29, 0.717) is 36.8 Å². The van der Waals surface area contributed by atoms with E-state index in [9.17, 15) is 9.59 Å². The molecule has 1 fully saturated rings. The number of carbonyl (C=O) groups is 2. The molecule has 6 nitrogen and oxygen atoms in total. The average molecular weight is 428 g/mol. The number of ether oxygens (including phenoxy) is 1. The quantitative estimate of drug-likeness (QED) is 0.633. The zero-order valence-electron chi connectivity index (χ0n) is 16.8. The van der Waals surface area contributed by atoms with E-state index < -0.39 is 6.04 Å². The Hall–Kier alpha value is -1.28. The fraction of sp³-hybridized carbons (Fsp3) is 0.600. The smallest absolute Gasteiger partial charge is 0.253 e. The monoisotopic (exact) mass is 427 g/mol. The van der Waals surface area contributed by atoms with Crippen LogP contribution in [-0.4, -0.2) is 73.2 Å². The van der Waals surface area contributed by atoms with Gasteiger partial charge in [0.1, 0.15) is 6.04 Å². The molecule has 1 aromatic carbocycles. The van der Waals surface area contributed by atoms with Crippen LogP contribution in [0.5, 0.6) is 0 Å². The van der Waals surface area contributed by atoms with Gasteiger partial charge in [0.25, 0.3) is 5.91 Å². The normalized spacial score (nSPS) is 16.4. The maximum Gasteiger partial charge on any atom is 0.253 e. The third-order valence-electron chi connectivity index (χ3n) is 4.91. The van der Waals surface area contributed by atoms with Gasteiger partial charge >= 0.3 is 0 Å². The first-order valence-electron chi connectivity index (χ1n) is 9.50. The second-order valence-electron chi connectivity index (χ2n) is 7.42. The highest BCUT2D eigenvalue weighted by Crippen LogP contribution is 2.17. The van der Waals surface area contributed by atoms with Gasteiger partial charge < -0.3 is 15.4 Å². The van der Waals surface area contributed by atoms with Crippen LogP contribution in [0.1, 0.15) is 30.6 Å². The molecule has 156 valence electrons. The van der Waals surface area contributed by atoms with Crippen molar-refractivity contribution in [3.63, 3.8) is 0 Å². The van der Waals surface area contributed by atoms with E-state index in [4.69, 9.17) is 16.3 Å². The highest BCUT2D eigenvalue weighted by atomic mass is 35.5. The van der Waals surface area contributed by atoms with Crippen molar-refractivity contribution in [2.75, 3.05) is 44.9 Å². The molecule has 1 heterocycles. The molecule has 2 N–H and O–H groups in total. The van der Waals surface area contributed by atoms with E-state index >= 15 is 0 Å². The van der Waals surface area contributed by atoms with E-state index in [0.717, 1.165) is 18.8 Å². The number of rotatable bonds is 9. The van der Waals surface area contributed by atoms with Crippen LogP contribution in [-0.2, 0) is 9.53 Å². The predicted octanol–water partition coefficient (Wildman–Crippen LogP) is 2.42. The summed E-state index contributed by atoms with van der Waals surface area (Å²) in [7, 11) is 0. The topological polar surface area (TPSA) is 70.7 Å². The fourth-order valence-electron chi connectivity index (χ4n) is 3.09. The third-order valence-corrected chi connectivity index (χ3v) is 5.89. The zero-order valence-corrected chi connectivity index (χ0v) is 18.4. The number of amides is 2. The summed E-state index contributed by atoms with van der Waals surface area (Å²) in [6.07, 6.45) is 2.54. The van der Waals surface area contributed by atoms with Crippen LogP contribution in [0.3, 0.4) is 0 Å². The number of hydrogen-bond acceptors (Lipinski definition) is 5. The van der Waals surface area contributed by atoms with Gasteiger partial charge in [0.05, 0.1) is 23.8 Å². The van der Waals surface area contributed by atoms with Crippen LogP contribution in [0.15, 0.2) is 24.3 Å². The number of nitrogens with zero attached hydrogens (tertiary/aromatic N) is 1. The maximum atomic E-state index is 12.8. The predicted molar refractivity (Wildman–Crippen MR) is 115 cm³/mol. The van der Waals surface area contributed by atoms with Gasteiger partial charge in [-0.25, -0.2) is 0 Å². The maximum absolute atomic E-state index is 12.8. The van der Waals surface area contributed by atoms with Gasteiger partial charge in [-0.1, -0.05) is 23.7 Å². The Bertz CT molecular complexity index is 666. The van der Waals surface area contributed by atoms with Crippen molar-refractivity contribution < 1.29 is 14.3 Å². The molecule has 1 saturated heterocycles. The molecule has 0 aliphatic carbocycles. The lowest BCUT2D eigenvalue weighted by molar-refractivity contribution is -0.123. The first-order valence-corrected chi connectivity index (χ1v) is 11.3. The third kappa shape index (κ3) is 6.65. The summed E-state index contributed by atoms with van der Waals surface area (Å²) in [6.45, 7) is 7.84. The largest absolute Gasteiger partial charge is 0.379 e. The molecule has 0 saturated carbocycles. The molecule has 0 radical (unpaired) electrons. The highest BCUT2D eigenvalue weighted by Gasteiger charge is 2.30. The van der Waals surface area contributed by atoms with Crippen molar-refractivity contribution in [3.8, 4) is 0 Å². The minimum absolute atomic E-state index is 0.171. The van der Waals surface area contributed by atoms with Crippen LogP contribution in [0, 0.1) is 0 Å². The molecule has 28 heavy (non-hydrogen) atoms. The summed E-state index contributed by atoms with van der Waals surface area (Å²) in [6, 6.07) is 6.24. The number of halogens is 1. The minimum atomic E-state index is -0.600. The Morgan fingerprint density at radius 2 is 1.96 bits per heavy atom. The first-order chi connectivity index (χ1) is 13.3. The lowest BCUT2D eigenvalue weighted by Crippen LogP contribution is -2.57. The van der Waals surface area contributed by atoms with Gasteiger partial charge in [-0.15, -0.1) is 0 Å². The van der Waals surface area contributed by atoms with Gasteiger partial charge in [0.2, 0.25) is 5.91 Å². The van der Waals surface area contributed by atoms with Crippen LogP contribution < -0.4 is 10.6 Å².